The van der Waals surface area contributed by atoms with Crippen molar-refractivity contribution >= 4 is 58.2 Å². The number of hydrogen-bond donors (Lipinski definition) is 0. The lowest BCUT2D eigenvalue weighted by molar-refractivity contribution is -0.387. The monoisotopic (exact) mass is 936 g/mol. The molecule has 0 unspecified atom stereocenters. The molecule has 1 aliphatic heterocycles. The molecule has 4 aromatic heterocycles. The van der Waals surface area contributed by atoms with E-state index in [0.717, 1.165) is 39.2 Å². The fourth-order valence-electron chi connectivity index (χ4n) is 6.02. The summed E-state index contributed by atoms with van der Waals surface area (Å²) in [4.78, 5) is 28.5. The Morgan fingerprint density at radius 3 is 1.58 bits per heavy atom. The number of nitro benzene ring substituents is 2. The molecule has 14 nitrogen and oxygen atoms in total. The van der Waals surface area contributed by atoms with Crippen LogP contribution in [0.15, 0.2) is 119 Å². The highest BCUT2D eigenvalue weighted by Crippen LogP contribution is 2.37. The summed E-state index contributed by atoms with van der Waals surface area (Å²) >= 11 is 2.19. The van der Waals surface area contributed by atoms with Gasteiger partial charge < -0.3 is 18.1 Å². The average Bonchev–Trinajstić information content (AvgIpc) is 4.01. The van der Waals surface area contributed by atoms with Crippen LogP contribution in [0.4, 0.5) is 28.9 Å². The Balaban J connectivity index is 0.000000140. The van der Waals surface area contributed by atoms with Gasteiger partial charge in [0.25, 0.3) is 0 Å². The normalized spacial score (nSPS) is 14.1. The molecule has 1 saturated heterocycles. The predicted octanol–water partition coefficient (Wildman–Crippen LogP) is 9.82. The highest BCUT2D eigenvalue weighted by atomic mass is 127. The summed E-state index contributed by atoms with van der Waals surface area (Å²) in [6.07, 6.45) is 6.40. The zero-order chi connectivity index (χ0) is 43.1. The van der Waals surface area contributed by atoms with Gasteiger partial charge >= 0.3 is 30.2 Å². The van der Waals surface area contributed by atoms with Gasteiger partial charge in [0.2, 0.25) is 5.82 Å². The van der Waals surface area contributed by atoms with Crippen LogP contribution in [0.1, 0.15) is 27.7 Å². The van der Waals surface area contributed by atoms with Crippen molar-refractivity contribution < 1.29 is 45.6 Å². The third kappa shape index (κ3) is 8.25. The molecule has 4 aromatic carbocycles. The van der Waals surface area contributed by atoms with Gasteiger partial charge in [-0.2, -0.15) is 18.7 Å². The molecule has 1 fully saturated rings. The summed E-state index contributed by atoms with van der Waals surface area (Å²) in [7, 11) is -0.722. The molecule has 60 heavy (non-hydrogen) atoms. The lowest BCUT2D eigenvalue weighted by Crippen LogP contribution is -2.41. The standard InChI is InChI=1S/C17H9F2N3O3.C12H15BFNO4.C11H6FIN2O/c18-12-4-1-10(2-5-12)15-16(21-7-8-25-17(21)20-15)11-3-6-14(22(23)24)13(19)9-11;1-11(2)12(3,4)19-13(18-11)8-5-6-10(15(16)17)9(14)7-8;12-8-3-1-7(2-4-8)9-10(13)15-5-6-16-11(15)14-9/h1-9H;5-7H,1-4H3;1-6H. The van der Waals surface area contributed by atoms with Crippen LogP contribution in [0, 0.1) is 47.2 Å². The van der Waals surface area contributed by atoms with Crippen LogP contribution in [-0.2, 0) is 9.31 Å². The number of rotatable bonds is 6. The van der Waals surface area contributed by atoms with E-state index in [9.17, 15) is 37.8 Å². The SMILES string of the molecule is CC1(C)OB(c2ccc([N+](=O)[O-])c(F)c2)OC1(C)C.Fc1ccc(-c2nc3occn3c2I)cc1.O=[N+]([O-])c1ccc(-c2c(-c3ccc(F)cc3)nc3occn23)cc1F. The maximum Gasteiger partial charge on any atom is 0.494 e. The molecule has 0 bridgehead atoms. The van der Waals surface area contributed by atoms with Crippen molar-refractivity contribution in [2.24, 2.45) is 0 Å². The van der Waals surface area contributed by atoms with Crippen LogP contribution in [0.3, 0.4) is 0 Å². The molecule has 0 N–H and O–H groups in total. The van der Waals surface area contributed by atoms with Gasteiger partial charge in [-0.15, -0.1) is 0 Å². The van der Waals surface area contributed by atoms with Gasteiger partial charge in [0.05, 0.1) is 26.7 Å². The van der Waals surface area contributed by atoms with E-state index < -0.39 is 57.0 Å². The van der Waals surface area contributed by atoms with Gasteiger partial charge in [0.1, 0.15) is 39.2 Å². The fraction of sp³-hybridized carbons (Fsp3) is 0.150. The van der Waals surface area contributed by atoms with Crippen molar-refractivity contribution in [2.45, 2.75) is 38.9 Å². The van der Waals surface area contributed by atoms with Crippen molar-refractivity contribution in [2.75, 3.05) is 0 Å². The molecule has 306 valence electrons. The van der Waals surface area contributed by atoms with E-state index in [0.29, 0.717) is 33.8 Å². The van der Waals surface area contributed by atoms with Crippen LogP contribution in [0.5, 0.6) is 0 Å². The highest BCUT2D eigenvalue weighted by molar-refractivity contribution is 14.1. The lowest BCUT2D eigenvalue weighted by atomic mass is 9.79. The van der Waals surface area contributed by atoms with Crippen LogP contribution in [0.25, 0.3) is 45.5 Å². The molecule has 0 radical (unpaired) electrons. The highest BCUT2D eigenvalue weighted by Gasteiger charge is 2.52. The summed E-state index contributed by atoms with van der Waals surface area (Å²) < 4.78 is 80.0. The molecule has 0 saturated carbocycles. The predicted molar refractivity (Wildman–Crippen MR) is 219 cm³/mol. The molecule has 20 heteroatoms. The Hall–Kier alpha value is -6.39. The first kappa shape index (κ1) is 41.8. The number of benzene rings is 4. The summed E-state index contributed by atoms with van der Waals surface area (Å²) in [6, 6.07) is 19.2. The van der Waals surface area contributed by atoms with Crippen LogP contribution < -0.4 is 5.46 Å². The minimum absolute atomic E-state index is 0.248. The Labute approximate surface area is 351 Å². The maximum atomic E-state index is 14.1. The zero-order valence-corrected chi connectivity index (χ0v) is 34.0. The van der Waals surface area contributed by atoms with Crippen molar-refractivity contribution in [3.63, 3.8) is 0 Å². The molecule has 8 aromatic rings. The van der Waals surface area contributed by atoms with E-state index in [4.69, 9.17) is 18.1 Å². The molecular formula is C40H30BF4IN6O8. The van der Waals surface area contributed by atoms with E-state index in [2.05, 4.69) is 32.6 Å². The molecular weight excluding hydrogens is 906 g/mol. The smallest absolute Gasteiger partial charge is 0.432 e. The number of imidazole rings is 2. The lowest BCUT2D eigenvalue weighted by Gasteiger charge is -2.32. The Bertz CT molecular complexity index is 2860. The third-order valence-corrected chi connectivity index (χ3v) is 10.8. The molecule has 5 heterocycles. The summed E-state index contributed by atoms with van der Waals surface area (Å²) in [5.74, 6) is -1.67. The van der Waals surface area contributed by atoms with Gasteiger partial charge in [-0.3, -0.25) is 29.0 Å². The van der Waals surface area contributed by atoms with E-state index in [1.165, 1.54) is 42.7 Å². The van der Waals surface area contributed by atoms with Crippen molar-refractivity contribution in [3.8, 4) is 33.8 Å². The number of halogens is 5. The number of nitrogens with zero attached hydrogens (tertiary/aromatic N) is 6. The van der Waals surface area contributed by atoms with Crippen molar-refractivity contribution in [3.05, 3.63) is 157 Å². The number of nitro groups is 2. The van der Waals surface area contributed by atoms with E-state index in [1.54, 1.807) is 47.3 Å². The molecule has 9 rings (SSSR count). The van der Waals surface area contributed by atoms with Gasteiger partial charge in [-0.25, -0.2) is 8.78 Å². The number of hydrogen-bond acceptors (Lipinski definition) is 10. The first-order chi connectivity index (χ1) is 28.4. The number of oxazole rings is 2. The Morgan fingerprint density at radius 1 is 0.633 bits per heavy atom. The molecule has 0 aliphatic carbocycles. The third-order valence-electron chi connectivity index (χ3n) is 9.81. The van der Waals surface area contributed by atoms with Crippen LogP contribution in [0.2, 0.25) is 0 Å². The quantitative estimate of drug-likeness (QED) is 0.0515. The minimum atomic E-state index is -0.953. The van der Waals surface area contributed by atoms with E-state index in [-0.39, 0.29) is 11.7 Å². The fourth-order valence-corrected chi connectivity index (χ4v) is 6.82. The first-order valence-electron chi connectivity index (χ1n) is 17.8. The second-order valence-electron chi connectivity index (χ2n) is 14.2. The van der Waals surface area contributed by atoms with Gasteiger partial charge in [0.15, 0.2) is 5.82 Å². The first-order valence-corrected chi connectivity index (χ1v) is 18.8. The number of fused-ring (bicyclic) bond motifs is 2. The zero-order valence-electron chi connectivity index (χ0n) is 31.8. The van der Waals surface area contributed by atoms with Gasteiger partial charge in [0, 0.05) is 41.2 Å². The maximum absolute atomic E-state index is 14.1. The van der Waals surface area contributed by atoms with Crippen molar-refractivity contribution in [1.29, 1.82) is 0 Å². The average molecular weight is 936 g/mol. The van der Waals surface area contributed by atoms with Crippen LogP contribution in [-0.4, -0.2) is 46.9 Å². The second kappa shape index (κ2) is 16.3. The Kier molecular flexibility index (Phi) is 11.4. The second-order valence-corrected chi connectivity index (χ2v) is 15.2. The number of aromatic nitrogens is 4. The topological polar surface area (TPSA) is 166 Å². The van der Waals surface area contributed by atoms with Gasteiger partial charge in [-0.1, -0.05) is 6.07 Å². The summed E-state index contributed by atoms with van der Waals surface area (Å²) in [5.41, 5.74) is 1.82. The van der Waals surface area contributed by atoms with Crippen LogP contribution >= 0.6 is 22.6 Å². The molecule has 0 atom stereocenters. The molecule has 0 amide bonds. The van der Waals surface area contributed by atoms with Gasteiger partial charge in [-0.05, 0) is 122 Å². The summed E-state index contributed by atoms with van der Waals surface area (Å²) in [5, 5.41) is 21.4. The van der Waals surface area contributed by atoms with E-state index in [1.807, 2.05) is 32.1 Å². The minimum Gasteiger partial charge on any atom is -0.432 e. The largest absolute Gasteiger partial charge is 0.494 e. The Morgan fingerprint density at radius 2 is 1.08 bits per heavy atom. The molecule has 0 spiro atoms. The van der Waals surface area contributed by atoms with E-state index >= 15 is 0 Å². The molecule has 1 aliphatic rings. The van der Waals surface area contributed by atoms with Crippen molar-refractivity contribution in [1.82, 2.24) is 18.8 Å². The summed E-state index contributed by atoms with van der Waals surface area (Å²) in [6.45, 7) is 7.53.